The van der Waals surface area contributed by atoms with E-state index in [1.54, 1.807) is 17.0 Å². The predicted octanol–water partition coefficient (Wildman–Crippen LogP) is 0.679. The monoisotopic (exact) mass is 558 g/mol. The van der Waals surface area contributed by atoms with E-state index in [9.17, 15) is 23.1 Å². The fourth-order valence-corrected chi connectivity index (χ4v) is 6.28. The molecule has 2 aliphatic rings. The lowest BCUT2D eigenvalue weighted by atomic mass is 9.92. The van der Waals surface area contributed by atoms with Crippen molar-refractivity contribution in [1.82, 2.24) is 20.3 Å². The van der Waals surface area contributed by atoms with Gasteiger partial charge in [-0.1, -0.05) is 30.3 Å². The van der Waals surface area contributed by atoms with Gasteiger partial charge < -0.3 is 26.5 Å². The van der Waals surface area contributed by atoms with Gasteiger partial charge in [0.1, 0.15) is 6.04 Å². The van der Waals surface area contributed by atoms with E-state index < -0.39 is 33.9 Å². The summed E-state index contributed by atoms with van der Waals surface area (Å²) >= 11 is 0. The number of aliphatic hydroxyl groups excluding tert-OH is 1. The minimum absolute atomic E-state index is 0.00848. The fourth-order valence-electron chi connectivity index (χ4n) is 5.05. The van der Waals surface area contributed by atoms with Crippen LogP contribution in [0.25, 0.3) is 10.8 Å². The molecule has 0 radical (unpaired) electrons. The molecule has 12 heteroatoms. The normalized spacial score (nSPS) is 19.6. The van der Waals surface area contributed by atoms with Gasteiger partial charge in [0, 0.05) is 32.0 Å². The molecule has 1 unspecified atom stereocenters. The summed E-state index contributed by atoms with van der Waals surface area (Å²) in [6.45, 7) is 1.77. The Morgan fingerprint density at radius 3 is 2.62 bits per heavy atom. The number of hydrazone groups is 1. The zero-order valence-electron chi connectivity index (χ0n) is 22.0. The highest BCUT2D eigenvalue weighted by Gasteiger charge is 2.38. The van der Waals surface area contributed by atoms with Gasteiger partial charge in [-0.3, -0.25) is 9.59 Å². The average Bonchev–Trinajstić information content (AvgIpc) is 3.78. The molecule has 0 aromatic heterocycles. The van der Waals surface area contributed by atoms with Crippen molar-refractivity contribution >= 4 is 38.8 Å². The van der Waals surface area contributed by atoms with Crippen molar-refractivity contribution in [3.8, 4) is 0 Å². The summed E-state index contributed by atoms with van der Waals surface area (Å²) in [5.74, 6) is 4.51. The second kappa shape index (κ2) is 13.3. The molecule has 1 saturated carbocycles. The second-order valence-corrected chi connectivity index (χ2v) is 11.9. The molecule has 6 N–H and O–H groups in total. The van der Waals surface area contributed by atoms with Crippen LogP contribution in [0.5, 0.6) is 0 Å². The molecule has 0 bridgehead atoms. The third kappa shape index (κ3) is 7.75. The molecule has 1 heterocycles. The standard InChI is InChI=1S/C27H38N6O5S/c28-30-18-25(21-7-3-12-29-17-21)31-26(35)16-24(27(36)33(13-4-14-34)22-9-10-22)32-39(37,38)23-11-8-19-5-1-2-6-20(19)15-23/h1-2,5-6,8,11,15,18,21-22,24-25,29,32,34H,3-4,7,9-10,12-14,16-17,28H2,(H,31,35)/t21?,24-,25+/m0/s1. The Morgan fingerprint density at radius 1 is 1.18 bits per heavy atom. The Balaban J connectivity index is 1.56. The Hall–Kier alpha value is -3.06. The number of benzene rings is 2. The number of rotatable bonds is 13. The van der Waals surface area contributed by atoms with Gasteiger partial charge in [0.05, 0.1) is 17.4 Å². The Bertz CT molecular complexity index is 1280. The number of nitrogens with two attached hydrogens (primary N) is 1. The first-order chi connectivity index (χ1) is 18.8. The smallest absolute Gasteiger partial charge is 0.241 e. The number of piperidine rings is 1. The van der Waals surface area contributed by atoms with Crippen LogP contribution < -0.4 is 21.2 Å². The third-order valence-electron chi connectivity index (χ3n) is 7.26. The predicted molar refractivity (Wildman–Crippen MR) is 149 cm³/mol. The summed E-state index contributed by atoms with van der Waals surface area (Å²) in [6, 6.07) is 10.3. The van der Waals surface area contributed by atoms with Crippen LogP contribution in [0.4, 0.5) is 0 Å². The maximum atomic E-state index is 13.7. The lowest BCUT2D eigenvalue weighted by Gasteiger charge is -2.30. The van der Waals surface area contributed by atoms with Gasteiger partial charge in [-0.15, -0.1) is 0 Å². The first-order valence-corrected chi connectivity index (χ1v) is 15.0. The van der Waals surface area contributed by atoms with E-state index in [0.717, 1.165) is 43.0 Å². The highest BCUT2D eigenvalue weighted by molar-refractivity contribution is 7.89. The number of nitrogens with zero attached hydrogens (tertiary/aromatic N) is 2. The van der Waals surface area contributed by atoms with Crippen molar-refractivity contribution in [2.45, 2.75) is 61.5 Å². The molecule has 2 aromatic carbocycles. The third-order valence-corrected chi connectivity index (χ3v) is 8.73. The number of hydrogen-bond donors (Lipinski definition) is 5. The molecular weight excluding hydrogens is 520 g/mol. The molecule has 4 rings (SSSR count). The van der Waals surface area contributed by atoms with Crippen molar-refractivity contribution < 1.29 is 23.1 Å². The second-order valence-electron chi connectivity index (χ2n) is 10.2. The first kappa shape index (κ1) is 28.9. The minimum atomic E-state index is -4.14. The zero-order chi connectivity index (χ0) is 27.8. The van der Waals surface area contributed by atoms with E-state index in [0.29, 0.717) is 13.0 Å². The molecule has 3 atom stereocenters. The van der Waals surface area contributed by atoms with Gasteiger partial charge >= 0.3 is 0 Å². The molecule has 1 aliphatic carbocycles. The zero-order valence-corrected chi connectivity index (χ0v) is 22.8. The lowest BCUT2D eigenvalue weighted by molar-refractivity contribution is -0.136. The Morgan fingerprint density at radius 2 is 1.95 bits per heavy atom. The quantitative estimate of drug-likeness (QED) is 0.137. The summed E-state index contributed by atoms with van der Waals surface area (Å²) in [5, 5.41) is 20.8. The van der Waals surface area contributed by atoms with Gasteiger partial charge in [0.2, 0.25) is 21.8 Å². The Kier molecular flexibility index (Phi) is 9.89. The lowest BCUT2D eigenvalue weighted by Crippen LogP contribution is -2.53. The molecule has 2 amide bonds. The van der Waals surface area contributed by atoms with Crippen LogP contribution in [0.3, 0.4) is 0 Å². The van der Waals surface area contributed by atoms with E-state index in [1.165, 1.54) is 12.3 Å². The number of nitrogens with one attached hydrogen (secondary N) is 3. The minimum Gasteiger partial charge on any atom is -0.396 e. The first-order valence-electron chi connectivity index (χ1n) is 13.5. The summed E-state index contributed by atoms with van der Waals surface area (Å²) in [7, 11) is -4.14. The van der Waals surface area contributed by atoms with E-state index in [1.807, 2.05) is 24.3 Å². The van der Waals surface area contributed by atoms with Crippen molar-refractivity contribution in [3.63, 3.8) is 0 Å². The van der Waals surface area contributed by atoms with E-state index in [-0.39, 0.29) is 36.4 Å². The van der Waals surface area contributed by atoms with Crippen molar-refractivity contribution in [3.05, 3.63) is 42.5 Å². The number of fused-ring (bicyclic) bond motifs is 1. The molecule has 39 heavy (non-hydrogen) atoms. The number of hydrogen-bond acceptors (Lipinski definition) is 8. The number of sulfonamides is 1. The summed E-state index contributed by atoms with van der Waals surface area (Å²) in [5.41, 5.74) is 0. The number of aliphatic hydroxyl groups is 1. The molecule has 0 spiro atoms. The van der Waals surface area contributed by atoms with Crippen LogP contribution in [0.2, 0.25) is 0 Å². The van der Waals surface area contributed by atoms with Gasteiger partial charge in [-0.05, 0) is 67.5 Å². The van der Waals surface area contributed by atoms with Crippen molar-refractivity contribution in [2.24, 2.45) is 16.9 Å². The van der Waals surface area contributed by atoms with Gasteiger partial charge in [-0.25, -0.2) is 8.42 Å². The number of carbonyl (C=O) groups is 2. The molecule has 1 aliphatic heterocycles. The maximum Gasteiger partial charge on any atom is 0.241 e. The fraction of sp³-hybridized carbons (Fsp3) is 0.519. The van der Waals surface area contributed by atoms with Crippen molar-refractivity contribution in [1.29, 1.82) is 0 Å². The van der Waals surface area contributed by atoms with Gasteiger partial charge in [0.25, 0.3) is 0 Å². The molecular formula is C27H38N6O5S. The molecule has 212 valence electrons. The van der Waals surface area contributed by atoms with E-state index in [4.69, 9.17) is 5.84 Å². The summed E-state index contributed by atoms with van der Waals surface area (Å²) in [6.07, 6.45) is 4.88. The summed E-state index contributed by atoms with van der Waals surface area (Å²) < 4.78 is 29.5. The highest BCUT2D eigenvalue weighted by Crippen LogP contribution is 2.28. The number of carbonyl (C=O) groups excluding carboxylic acids is 2. The average molecular weight is 559 g/mol. The molecule has 2 fully saturated rings. The molecule has 2 aromatic rings. The van der Waals surface area contributed by atoms with Crippen molar-refractivity contribution in [2.75, 3.05) is 26.2 Å². The van der Waals surface area contributed by atoms with Crippen LogP contribution in [0, 0.1) is 5.92 Å². The van der Waals surface area contributed by atoms with Crippen LogP contribution >= 0.6 is 0 Å². The maximum absolute atomic E-state index is 13.7. The largest absolute Gasteiger partial charge is 0.396 e. The number of amides is 2. The van der Waals surface area contributed by atoms with Crippen LogP contribution in [0.1, 0.15) is 38.5 Å². The van der Waals surface area contributed by atoms with E-state index in [2.05, 4.69) is 20.5 Å². The van der Waals surface area contributed by atoms with Gasteiger partial charge in [-0.2, -0.15) is 9.82 Å². The highest BCUT2D eigenvalue weighted by atomic mass is 32.2. The summed E-state index contributed by atoms with van der Waals surface area (Å²) in [4.78, 5) is 28.5. The van der Waals surface area contributed by atoms with Gasteiger partial charge in [0.15, 0.2) is 0 Å². The van der Waals surface area contributed by atoms with Crippen LogP contribution in [-0.2, 0) is 19.6 Å². The van der Waals surface area contributed by atoms with E-state index >= 15 is 0 Å². The molecule has 11 nitrogen and oxygen atoms in total. The SMILES string of the molecule is NN=C[C@@H](NC(=O)C[C@H](NS(=O)(=O)c1ccc2ccccc2c1)C(=O)N(CCCO)C1CC1)C1CCCNC1. The van der Waals surface area contributed by atoms with Crippen LogP contribution in [0.15, 0.2) is 52.5 Å². The topological polar surface area (TPSA) is 166 Å². The molecule has 1 saturated heterocycles. The Labute approximate surface area is 229 Å². The van der Waals surface area contributed by atoms with Crippen LogP contribution in [-0.4, -0.2) is 80.8 Å².